The molecule has 4 rings (SSSR count). The van der Waals surface area contributed by atoms with Gasteiger partial charge in [0, 0.05) is 23.7 Å². The van der Waals surface area contributed by atoms with Crippen molar-refractivity contribution in [1.82, 2.24) is 9.30 Å². The Hall–Kier alpha value is -2.84. The molecule has 3 heterocycles. The first-order valence-electron chi connectivity index (χ1n) is 10.0. The Morgan fingerprint density at radius 1 is 1.21 bits per heavy atom. The number of carbonyl (C=O) groups excluding carboxylic acids is 1. The van der Waals surface area contributed by atoms with Gasteiger partial charge in [-0.3, -0.25) is 4.90 Å². The van der Waals surface area contributed by atoms with Gasteiger partial charge in [0.25, 0.3) is 0 Å². The lowest BCUT2D eigenvalue weighted by Crippen LogP contribution is -2.29. The van der Waals surface area contributed by atoms with Crippen molar-refractivity contribution < 1.29 is 9.53 Å². The van der Waals surface area contributed by atoms with Crippen LogP contribution in [-0.2, 0) is 11.3 Å². The summed E-state index contributed by atoms with van der Waals surface area (Å²) in [6.07, 6.45) is 5.71. The molecule has 28 heavy (non-hydrogen) atoms. The van der Waals surface area contributed by atoms with Crippen LogP contribution < -0.4 is 0 Å². The Morgan fingerprint density at radius 2 is 1.96 bits per heavy atom. The number of hydrogen-bond acceptors (Lipinski definition) is 4. The van der Waals surface area contributed by atoms with Crippen molar-refractivity contribution in [1.29, 1.82) is 5.26 Å². The Kier molecular flexibility index (Phi) is 5.06. The molecule has 1 aliphatic rings. The molecule has 3 aromatic rings. The molecule has 2 aromatic heterocycles. The molecule has 0 amide bonds. The molecule has 1 aromatic carbocycles. The Morgan fingerprint density at radius 3 is 2.68 bits per heavy atom. The number of aromatic nitrogens is 1. The number of ether oxygens (including phenoxy) is 1. The van der Waals surface area contributed by atoms with Gasteiger partial charge in [-0.15, -0.1) is 0 Å². The number of benzene rings is 1. The van der Waals surface area contributed by atoms with E-state index in [2.05, 4.69) is 11.0 Å². The van der Waals surface area contributed by atoms with Gasteiger partial charge < -0.3 is 9.14 Å². The third-order valence-electron chi connectivity index (χ3n) is 5.70. The van der Waals surface area contributed by atoms with Gasteiger partial charge in [-0.2, -0.15) is 5.26 Å². The summed E-state index contributed by atoms with van der Waals surface area (Å²) < 4.78 is 7.36. The summed E-state index contributed by atoms with van der Waals surface area (Å²) in [6.45, 7) is 6.90. The van der Waals surface area contributed by atoms with Crippen LogP contribution in [0.25, 0.3) is 16.4 Å². The molecule has 1 saturated heterocycles. The van der Waals surface area contributed by atoms with Gasteiger partial charge in [0.2, 0.25) is 0 Å². The third-order valence-corrected chi connectivity index (χ3v) is 5.70. The largest absolute Gasteiger partial charge is 0.462 e. The quantitative estimate of drug-likeness (QED) is 0.633. The summed E-state index contributed by atoms with van der Waals surface area (Å²) in [7, 11) is 0. The van der Waals surface area contributed by atoms with E-state index in [0.29, 0.717) is 23.3 Å². The second-order valence-electron chi connectivity index (χ2n) is 7.43. The van der Waals surface area contributed by atoms with Crippen molar-refractivity contribution in [3.63, 3.8) is 0 Å². The molecule has 0 unspecified atom stereocenters. The average molecular weight is 375 g/mol. The third kappa shape index (κ3) is 3.04. The van der Waals surface area contributed by atoms with Crippen LogP contribution in [0.15, 0.2) is 30.5 Å². The number of fused-ring (bicyclic) bond motifs is 3. The average Bonchev–Trinajstić information content (AvgIpc) is 3.07. The molecule has 0 spiro atoms. The number of aryl methyl sites for hydroxylation is 1. The second kappa shape index (κ2) is 7.65. The number of hydrogen-bond donors (Lipinski definition) is 0. The molecule has 0 bridgehead atoms. The number of piperidine rings is 1. The first kappa shape index (κ1) is 18.5. The number of nitrogens with zero attached hydrogens (tertiary/aromatic N) is 3. The lowest BCUT2D eigenvalue weighted by Gasteiger charge is -2.26. The van der Waals surface area contributed by atoms with Crippen LogP contribution in [0.3, 0.4) is 0 Å². The normalized spacial score (nSPS) is 15.0. The highest BCUT2D eigenvalue weighted by Crippen LogP contribution is 2.32. The maximum Gasteiger partial charge on any atom is 0.340 e. The number of esters is 1. The summed E-state index contributed by atoms with van der Waals surface area (Å²) in [5, 5.41) is 11.0. The number of pyridine rings is 1. The lowest BCUT2D eigenvalue weighted by molar-refractivity contribution is 0.0527. The molecule has 0 aliphatic carbocycles. The highest BCUT2D eigenvalue weighted by Gasteiger charge is 2.25. The number of rotatable bonds is 4. The van der Waals surface area contributed by atoms with E-state index < -0.39 is 0 Å². The maximum absolute atomic E-state index is 12.8. The standard InChI is InChI=1S/C23H25N3O2/c1-3-28-23(27)21-16(2)18-9-5-6-10-20(18)26-15-17(19(13-24)22(21)26)14-25-11-7-4-8-12-25/h5-6,9-10,15H,3-4,7-8,11-12,14H2,1-2H3. The van der Waals surface area contributed by atoms with E-state index in [0.717, 1.165) is 41.7 Å². The van der Waals surface area contributed by atoms with E-state index in [1.54, 1.807) is 6.92 Å². The number of para-hydroxylation sites is 1. The summed E-state index contributed by atoms with van der Waals surface area (Å²) in [6, 6.07) is 10.4. The van der Waals surface area contributed by atoms with E-state index in [9.17, 15) is 10.1 Å². The number of likely N-dealkylation sites (tertiary alicyclic amines) is 1. The van der Waals surface area contributed by atoms with E-state index in [-0.39, 0.29) is 5.97 Å². The Balaban J connectivity index is 1.99. The molecule has 0 N–H and O–H groups in total. The first-order chi connectivity index (χ1) is 13.7. The molecular weight excluding hydrogens is 350 g/mol. The monoisotopic (exact) mass is 375 g/mol. The van der Waals surface area contributed by atoms with Crippen molar-refractivity contribution in [2.75, 3.05) is 19.7 Å². The van der Waals surface area contributed by atoms with Crippen LogP contribution in [0.1, 0.15) is 53.2 Å². The van der Waals surface area contributed by atoms with Crippen LogP contribution in [0, 0.1) is 18.3 Å². The van der Waals surface area contributed by atoms with Crippen molar-refractivity contribution in [2.45, 2.75) is 39.7 Å². The minimum atomic E-state index is -0.366. The smallest absolute Gasteiger partial charge is 0.340 e. The molecule has 5 nitrogen and oxygen atoms in total. The van der Waals surface area contributed by atoms with Gasteiger partial charge in [-0.25, -0.2) is 4.79 Å². The summed E-state index contributed by atoms with van der Waals surface area (Å²) in [5.74, 6) is -0.366. The lowest BCUT2D eigenvalue weighted by atomic mass is 10.0. The van der Waals surface area contributed by atoms with Crippen LogP contribution in [-0.4, -0.2) is 35.0 Å². The highest BCUT2D eigenvalue weighted by atomic mass is 16.5. The van der Waals surface area contributed by atoms with Crippen LogP contribution >= 0.6 is 0 Å². The molecule has 0 saturated carbocycles. The molecule has 5 heteroatoms. The molecular formula is C23H25N3O2. The topological polar surface area (TPSA) is 57.7 Å². The van der Waals surface area contributed by atoms with Crippen molar-refractivity contribution >= 4 is 22.4 Å². The molecule has 0 radical (unpaired) electrons. The molecule has 1 aliphatic heterocycles. The van der Waals surface area contributed by atoms with Crippen LogP contribution in [0.2, 0.25) is 0 Å². The zero-order valence-electron chi connectivity index (χ0n) is 16.5. The van der Waals surface area contributed by atoms with E-state index in [1.165, 1.54) is 19.3 Å². The highest BCUT2D eigenvalue weighted by molar-refractivity contribution is 6.06. The summed E-state index contributed by atoms with van der Waals surface area (Å²) >= 11 is 0. The van der Waals surface area contributed by atoms with Crippen molar-refractivity contribution in [3.8, 4) is 6.07 Å². The molecule has 1 fully saturated rings. The zero-order valence-corrected chi connectivity index (χ0v) is 16.5. The second-order valence-corrected chi connectivity index (χ2v) is 7.43. The van der Waals surface area contributed by atoms with Crippen molar-refractivity contribution in [2.24, 2.45) is 0 Å². The van der Waals surface area contributed by atoms with Gasteiger partial charge >= 0.3 is 5.97 Å². The minimum absolute atomic E-state index is 0.306. The maximum atomic E-state index is 12.8. The van der Waals surface area contributed by atoms with E-state index in [1.807, 2.05) is 41.8 Å². The van der Waals surface area contributed by atoms with Crippen LogP contribution in [0.5, 0.6) is 0 Å². The predicted molar refractivity (Wildman–Crippen MR) is 109 cm³/mol. The minimum Gasteiger partial charge on any atom is -0.462 e. The van der Waals surface area contributed by atoms with E-state index in [4.69, 9.17) is 4.74 Å². The van der Waals surface area contributed by atoms with Gasteiger partial charge in [0.1, 0.15) is 6.07 Å². The molecule has 0 atom stereocenters. The van der Waals surface area contributed by atoms with E-state index >= 15 is 0 Å². The summed E-state index contributed by atoms with van der Waals surface area (Å²) in [5.41, 5.74) is 4.60. The predicted octanol–water partition coefficient (Wildman–Crippen LogP) is 4.44. The van der Waals surface area contributed by atoms with Gasteiger partial charge in [0.05, 0.1) is 28.8 Å². The number of carbonyl (C=O) groups is 1. The fourth-order valence-electron chi connectivity index (χ4n) is 4.36. The molecule has 144 valence electrons. The summed E-state index contributed by atoms with van der Waals surface area (Å²) in [4.78, 5) is 15.2. The van der Waals surface area contributed by atoms with Crippen LogP contribution in [0.4, 0.5) is 0 Å². The zero-order chi connectivity index (χ0) is 19.7. The van der Waals surface area contributed by atoms with Gasteiger partial charge in [-0.1, -0.05) is 24.6 Å². The fourth-order valence-corrected chi connectivity index (χ4v) is 4.36. The number of nitriles is 1. The Bertz CT molecular complexity index is 1080. The van der Waals surface area contributed by atoms with Gasteiger partial charge in [0.15, 0.2) is 0 Å². The first-order valence-corrected chi connectivity index (χ1v) is 10.0. The van der Waals surface area contributed by atoms with Gasteiger partial charge in [-0.05, 0) is 51.4 Å². The Labute approximate surface area is 165 Å². The fraction of sp³-hybridized carbons (Fsp3) is 0.391. The SMILES string of the molecule is CCOC(=O)c1c(C)c2ccccc2n2cc(CN3CCCCC3)c(C#N)c12. The van der Waals surface area contributed by atoms with Crippen molar-refractivity contribution in [3.05, 3.63) is 52.7 Å².